The minimum absolute atomic E-state index is 0.206. The van der Waals surface area contributed by atoms with Gasteiger partial charge in [0.2, 0.25) is 0 Å². The Morgan fingerprint density at radius 1 is 1.33 bits per heavy atom. The van der Waals surface area contributed by atoms with Crippen molar-refractivity contribution in [1.82, 2.24) is 5.32 Å². The molecule has 114 valence electrons. The van der Waals surface area contributed by atoms with Gasteiger partial charge in [0.25, 0.3) is 5.91 Å². The zero-order chi connectivity index (χ0) is 15.0. The standard InChI is InChI=1S/C14H18N2O4S/c17-12-8-21(19,20)7-11(12)16-14(18)10-5-1-3-9-4-2-6-15-13(9)10/h1,3,5,11-12,15,17H,2,4,6-8H2,(H,16,18)/t11-,12-/m1/s1. The van der Waals surface area contributed by atoms with Gasteiger partial charge in [0, 0.05) is 6.54 Å². The van der Waals surface area contributed by atoms with Crippen LogP contribution in [0.3, 0.4) is 0 Å². The van der Waals surface area contributed by atoms with Crippen molar-refractivity contribution in [2.24, 2.45) is 0 Å². The Balaban J connectivity index is 1.80. The van der Waals surface area contributed by atoms with Crippen molar-refractivity contribution < 1.29 is 18.3 Å². The molecule has 0 unspecified atom stereocenters. The number of para-hydroxylation sites is 1. The molecule has 1 aromatic rings. The van der Waals surface area contributed by atoms with E-state index in [9.17, 15) is 18.3 Å². The van der Waals surface area contributed by atoms with Gasteiger partial charge in [-0.15, -0.1) is 0 Å². The van der Waals surface area contributed by atoms with E-state index in [1.807, 2.05) is 12.1 Å². The van der Waals surface area contributed by atoms with Gasteiger partial charge in [-0.1, -0.05) is 12.1 Å². The molecule has 1 aromatic carbocycles. The molecular weight excluding hydrogens is 292 g/mol. The maximum atomic E-state index is 12.4. The van der Waals surface area contributed by atoms with Crippen molar-refractivity contribution in [3.63, 3.8) is 0 Å². The number of nitrogens with one attached hydrogen (secondary N) is 2. The van der Waals surface area contributed by atoms with E-state index in [1.165, 1.54) is 0 Å². The van der Waals surface area contributed by atoms with E-state index >= 15 is 0 Å². The number of fused-ring (bicyclic) bond motifs is 1. The summed E-state index contributed by atoms with van der Waals surface area (Å²) in [6.07, 6.45) is 0.910. The number of carbonyl (C=O) groups is 1. The van der Waals surface area contributed by atoms with E-state index in [0.717, 1.165) is 30.6 Å². The molecule has 2 atom stereocenters. The molecule has 2 heterocycles. The van der Waals surface area contributed by atoms with Crippen LogP contribution in [0.1, 0.15) is 22.3 Å². The number of aryl methyl sites for hydroxylation is 1. The minimum Gasteiger partial charge on any atom is -0.390 e. The summed E-state index contributed by atoms with van der Waals surface area (Å²) >= 11 is 0. The molecule has 7 heteroatoms. The van der Waals surface area contributed by atoms with Crippen LogP contribution in [0.2, 0.25) is 0 Å². The first-order valence-electron chi connectivity index (χ1n) is 7.01. The quantitative estimate of drug-likeness (QED) is 0.711. The number of aliphatic hydroxyl groups excluding tert-OH is 1. The molecule has 2 aliphatic heterocycles. The van der Waals surface area contributed by atoms with Crippen LogP contribution in [0.5, 0.6) is 0 Å². The average Bonchev–Trinajstić information content (AvgIpc) is 2.70. The Kier molecular flexibility index (Phi) is 3.62. The number of aliphatic hydroxyl groups is 1. The molecule has 21 heavy (non-hydrogen) atoms. The van der Waals surface area contributed by atoms with Gasteiger partial charge in [-0.25, -0.2) is 8.42 Å². The van der Waals surface area contributed by atoms with Crippen LogP contribution in [0, 0.1) is 0 Å². The Hall–Kier alpha value is -1.60. The Morgan fingerprint density at radius 2 is 2.14 bits per heavy atom. The van der Waals surface area contributed by atoms with Crippen LogP contribution >= 0.6 is 0 Å². The summed E-state index contributed by atoms with van der Waals surface area (Å²) in [6, 6.07) is 4.78. The normalized spacial score (nSPS) is 26.7. The molecule has 0 radical (unpaired) electrons. The molecule has 3 N–H and O–H groups in total. The molecule has 0 saturated carbocycles. The first-order valence-corrected chi connectivity index (χ1v) is 8.83. The number of anilines is 1. The molecule has 2 aliphatic rings. The van der Waals surface area contributed by atoms with Gasteiger partial charge in [0.05, 0.1) is 34.9 Å². The lowest BCUT2D eigenvalue weighted by atomic mass is 9.99. The highest BCUT2D eigenvalue weighted by Crippen LogP contribution is 2.26. The van der Waals surface area contributed by atoms with Gasteiger partial charge in [-0.2, -0.15) is 0 Å². The van der Waals surface area contributed by atoms with Gasteiger partial charge in [0.1, 0.15) is 0 Å². The molecular formula is C14H18N2O4S. The molecule has 3 rings (SSSR count). The number of amides is 1. The lowest BCUT2D eigenvalue weighted by Gasteiger charge is -2.22. The van der Waals surface area contributed by atoms with Crippen LogP contribution in [-0.4, -0.2) is 49.6 Å². The van der Waals surface area contributed by atoms with E-state index in [1.54, 1.807) is 6.07 Å². The lowest BCUT2D eigenvalue weighted by Crippen LogP contribution is -2.43. The Labute approximate surface area is 123 Å². The summed E-state index contributed by atoms with van der Waals surface area (Å²) in [5.74, 6) is -0.840. The summed E-state index contributed by atoms with van der Waals surface area (Å²) in [5, 5.41) is 15.6. The largest absolute Gasteiger partial charge is 0.390 e. The fourth-order valence-electron chi connectivity index (χ4n) is 2.91. The van der Waals surface area contributed by atoms with Crippen molar-refractivity contribution in [1.29, 1.82) is 0 Å². The summed E-state index contributed by atoms with van der Waals surface area (Å²) < 4.78 is 23.0. The van der Waals surface area contributed by atoms with Crippen LogP contribution in [0.25, 0.3) is 0 Å². The first-order chi connectivity index (χ1) is 9.96. The molecule has 1 amide bonds. The fourth-order valence-corrected chi connectivity index (χ4v) is 4.65. The zero-order valence-corrected chi connectivity index (χ0v) is 12.3. The summed E-state index contributed by atoms with van der Waals surface area (Å²) in [5.41, 5.74) is 2.41. The molecule has 1 fully saturated rings. The van der Waals surface area contributed by atoms with E-state index in [4.69, 9.17) is 0 Å². The van der Waals surface area contributed by atoms with Crippen LogP contribution < -0.4 is 10.6 Å². The molecule has 1 saturated heterocycles. The van der Waals surface area contributed by atoms with E-state index in [-0.39, 0.29) is 17.4 Å². The smallest absolute Gasteiger partial charge is 0.253 e. The average molecular weight is 310 g/mol. The summed E-state index contributed by atoms with van der Waals surface area (Å²) in [6.45, 7) is 0.817. The van der Waals surface area contributed by atoms with Crippen LogP contribution in [0.4, 0.5) is 5.69 Å². The third-order valence-corrected chi connectivity index (χ3v) is 5.68. The maximum Gasteiger partial charge on any atom is 0.253 e. The van der Waals surface area contributed by atoms with E-state index < -0.39 is 22.0 Å². The summed E-state index contributed by atoms with van der Waals surface area (Å²) in [4.78, 5) is 12.4. The highest BCUT2D eigenvalue weighted by molar-refractivity contribution is 7.91. The second kappa shape index (κ2) is 5.31. The third kappa shape index (κ3) is 2.89. The topological polar surface area (TPSA) is 95.5 Å². The predicted octanol–water partition coefficient (Wildman–Crippen LogP) is -0.0676. The van der Waals surface area contributed by atoms with Crippen molar-refractivity contribution in [2.75, 3.05) is 23.4 Å². The van der Waals surface area contributed by atoms with Gasteiger partial charge < -0.3 is 15.7 Å². The Bertz CT molecular complexity index is 672. The van der Waals surface area contributed by atoms with Crippen LogP contribution in [0.15, 0.2) is 18.2 Å². The van der Waals surface area contributed by atoms with Crippen molar-refractivity contribution in [2.45, 2.75) is 25.0 Å². The van der Waals surface area contributed by atoms with E-state index in [0.29, 0.717) is 5.56 Å². The van der Waals surface area contributed by atoms with Gasteiger partial charge >= 0.3 is 0 Å². The first kappa shape index (κ1) is 14.3. The van der Waals surface area contributed by atoms with Gasteiger partial charge in [-0.05, 0) is 24.5 Å². The van der Waals surface area contributed by atoms with Crippen molar-refractivity contribution in [3.8, 4) is 0 Å². The minimum atomic E-state index is -3.27. The lowest BCUT2D eigenvalue weighted by molar-refractivity contribution is 0.0889. The molecule has 0 spiro atoms. The van der Waals surface area contributed by atoms with Crippen molar-refractivity contribution >= 4 is 21.4 Å². The predicted molar refractivity (Wildman–Crippen MR) is 79.2 cm³/mol. The van der Waals surface area contributed by atoms with Gasteiger partial charge in [-0.3, -0.25) is 4.79 Å². The molecule has 6 nitrogen and oxygen atoms in total. The molecule has 0 aromatic heterocycles. The number of sulfone groups is 1. The Morgan fingerprint density at radius 3 is 2.86 bits per heavy atom. The number of benzene rings is 1. The highest BCUT2D eigenvalue weighted by Gasteiger charge is 2.37. The molecule has 0 bridgehead atoms. The number of carbonyl (C=O) groups excluding carboxylic acids is 1. The maximum absolute atomic E-state index is 12.4. The zero-order valence-electron chi connectivity index (χ0n) is 11.5. The number of hydrogen-bond acceptors (Lipinski definition) is 5. The second-order valence-electron chi connectivity index (χ2n) is 5.59. The third-order valence-electron chi connectivity index (χ3n) is 3.96. The number of hydrogen-bond donors (Lipinski definition) is 3. The van der Waals surface area contributed by atoms with E-state index in [2.05, 4.69) is 10.6 Å². The summed E-state index contributed by atoms with van der Waals surface area (Å²) in [7, 11) is -3.27. The van der Waals surface area contributed by atoms with Crippen molar-refractivity contribution in [3.05, 3.63) is 29.3 Å². The van der Waals surface area contributed by atoms with Crippen LogP contribution in [-0.2, 0) is 16.3 Å². The second-order valence-corrected chi connectivity index (χ2v) is 7.75. The molecule has 0 aliphatic carbocycles. The SMILES string of the molecule is O=C(N[C@@H]1CS(=O)(=O)C[C@H]1O)c1cccc2c1NCCC2. The highest BCUT2D eigenvalue weighted by atomic mass is 32.2. The van der Waals surface area contributed by atoms with Gasteiger partial charge in [0.15, 0.2) is 9.84 Å². The fraction of sp³-hybridized carbons (Fsp3) is 0.500. The monoisotopic (exact) mass is 310 g/mol. The number of rotatable bonds is 2.